The predicted molar refractivity (Wildman–Crippen MR) is 93.5 cm³/mol. The number of hydrogen-bond donors (Lipinski definition) is 1. The molecule has 0 fully saturated rings. The maximum absolute atomic E-state index is 11.8. The van der Waals surface area contributed by atoms with Gasteiger partial charge in [0.15, 0.2) is 0 Å². The summed E-state index contributed by atoms with van der Waals surface area (Å²) in [5, 5.41) is 7.20. The number of carbonyl (C=O) groups is 1. The highest BCUT2D eigenvalue weighted by atomic mass is 16.1. The lowest BCUT2D eigenvalue weighted by atomic mass is 10.2. The minimum atomic E-state index is -0.129. The van der Waals surface area contributed by atoms with Gasteiger partial charge < -0.3 is 5.32 Å². The number of hydrogen-bond acceptors (Lipinski definition) is 3. The van der Waals surface area contributed by atoms with Crippen LogP contribution < -0.4 is 5.32 Å². The van der Waals surface area contributed by atoms with E-state index in [1.165, 1.54) is 6.08 Å². The molecule has 0 spiro atoms. The molecule has 1 N–H and O–H groups in total. The van der Waals surface area contributed by atoms with Crippen molar-refractivity contribution in [2.24, 2.45) is 0 Å². The van der Waals surface area contributed by atoms with Crippen LogP contribution in [0.4, 0.5) is 0 Å². The number of pyridine rings is 1. The van der Waals surface area contributed by atoms with Gasteiger partial charge in [0, 0.05) is 25.0 Å². The molecule has 5 heteroatoms. The van der Waals surface area contributed by atoms with Crippen LogP contribution in [0.2, 0.25) is 0 Å². The second-order valence-corrected chi connectivity index (χ2v) is 5.26. The van der Waals surface area contributed by atoms with Crippen LogP contribution in [-0.2, 0) is 11.2 Å². The molecule has 0 bridgehead atoms. The van der Waals surface area contributed by atoms with E-state index in [1.807, 2.05) is 65.6 Å². The lowest BCUT2D eigenvalue weighted by Crippen LogP contribution is -2.23. The molecule has 1 aromatic carbocycles. The molecule has 2 aromatic heterocycles. The number of nitrogens with zero attached hydrogens (tertiary/aromatic N) is 3. The Kier molecular flexibility index (Phi) is 5.14. The van der Waals surface area contributed by atoms with Gasteiger partial charge in [0.05, 0.1) is 17.6 Å². The molecule has 5 nitrogen and oxygen atoms in total. The van der Waals surface area contributed by atoms with Crippen LogP contribution in [0.3, 0.4) is 0 Å². The van der Waals surface area contributed by atoms with Gasteiger partial charge in [0.1, 0.15) is 0 Å². The van der Waals surface area contributed by atoms with Crippen LogP contribution in [0, 0.1) is 0 Å². The van der Waals surface area contributed by atoms with Crippen molar-refractivity contribution in [1.29, 1.82) is 0 Å². The van der Waals surface area contributed by atoms with E-state index in [0.29, 0.717) is 6.54 Å². The lowest BCUT2D eigenvalue weighted by Gasteiger charge is -2.01. The summed E-state index contributed by atoms with van der Waals surface area (Å²) in [6.45, 7) is 0.561. The zero-order valence-corrected chi connectivity index (χ0v) is 13.2. The van der Waals surface area contributed by atoms with Gasteiger partial charge in [0.25, 0.3) is 0 Å². The van der Waals surface area contributed by atoms with E-state index < -0.39 is 0 Å². The van der Waals surface area contributed by atoms with Gasteiger partial charge in [-0.05, 0) is 42.3 Å². The second kappa shape index (κ2) is 7.87. The van der Waals surface area contributed by atoms with E-state index in [-0.39, 0.29) is 5.91 Å². The van der Waals surface area contributed by atoms with Gasteiger partial charge in [-0.2, -0.15) is 5.10 Å². The Morgan fingerprint density at radius 1 is 1.12 bits per heavy atom. The minimum absolute atomic E-state index is 0.129. The summed E-state index contributed by atoms with van der Waals surface area (Å²) in [5.41, 5.74) is 2.86. The fraction of sp³-hybridized carbons (Fsp3) is 0.105. The smallest absolute Gasteiger partial charge is 0.244 e. The monoisotopic (exact) mass is 318 g/mol. The molecular formula is C19H18N4O. The van der Waals surface area contributed by atoms with Crippen LogP contribution in [-0.4, -0.2) is 27.2 Å². The average molecular weight is 318 g/mol. The molecule has 0 aliphatic heterocycles. The van der Waals surface area contributed by atoms with Gasteiger partial charge >= 0.3 is 0 Å². The van der Waals surface area contributed by atoms with Gasteiger partial charge in [-0.1, -0.05) is 24.3 Å². The van der Waals surface area contributed by atoms with E-state index in [0.717, 1.165) is 23.4 Å². The molecule has 2 heterocycles. The quantitative estimate of drug-likeness (QED) is 0.711. The maximum atomic E-state index is 11.8. The van der Waals surface area contributed by atoms with Crippen molar-refractivity contribution in [3.8, 4) is 5.69 Å². The molecular weight excluding hydrogens is 300 g/mol. The molecule has 3 aromatic rings. The summed E-state index contributed by atoms with van der Waals surface area (Å²) in [7, 11) is 0. The van der Waals surface area contributed by atoms with E-state index in [4.69, 9.17) is 0 Å². The molecule has 1 amide bonds. The van der Waals surface area contributed by atoms with Gasteiger partial charge in [-0.15, -0.1) is 0 Å². The standard InChI is InChI=1S/C19H18N4O/c24-19(10-9-17-6-4-5-12-20-17)21-13-11-16-14-22-23(15-16)18-7-2-1-3-8-18/h1-10,12,14-15H,11,13H2,(H,21,24)/b10-9+. The second-order valence-electron chi connectivity index (χ2n) is 5.26. The van der Waals surface area contributed by atoms with E-state index in [2.05, 4.69) is 15.4 Å². The Morgan fingerprint density at radius 2 is 1.96 bits per heavy atom. The van der Waals surface area contributed by atoms with Crippen molar-refractivity contribution in [1.82, 2.24) is 20.1 Å². The Hall–Kier alpha value is -3.21. The van der Waals surface area contributed by atoms with Gasteiger partial charge in [0.2, 0.25) is 5.91 Å². The van der Waals surface area contributed by atoms with E-state index in [1.54, 1.807) is 12.3 Å². The summed E-state index contributed by atoms with van der Waals surface area (Å²) in [5.74, 6) is -0.129. The van der Waals surface area contributed by atoms with Crippen LogP contribution in [0.25, 0.3) is 11.8 Å². The van der Waals surface area contributed by atoms with Crippen molar-refractivity contribution in [3.05, 3.63) is 84.5 Å². The van der Waals surface area contributed by atoms with E-state index in [9.17, 15) is 4.79 Å². The van der Waals surface area contributed by atoms with Crippen LogP contribution in [0.1, 0.15) is 11.3 Å². The number of aromatic nitrogens is 3. The van der Waals surface area contributed by atoms with E-state index >= 15 is 0 Å². The first-order valence-electron chi connectivity index (χ1n) is 7.77. The normalized spacial score (nSPS) is 10.8. The molecule has 0 atom stereocenters. The number of nitrogens with one attached hydrogen (secondary N) is 1. The largest absolute Gasteiger partial charge is 0.352 e. The number of amides is 1. The Balaban J connectivity index is 1.47. The minimum Gasteiger partial charge on any atom is -0.352 e. The van der Waals surface area contributed by atoms with Crippen molar-refractivity contribution in [2.75, 3.05) is 6.54 Å². The van der Waals surface area contributed by atoms with Crippen LogP contribution >= 0.6 is 0 Å². The third-order valence-corrected chi connectivity index (χ3v) is 3.46. The number of para-hydroxylation sites is 1. The predicted octanol–water partition coefficient (Wildman–Crippen LogP) is 2.64. The SMILES string of the molecule is O=C(/C=C/c1ccccn1)NCCc1cnn(-c2ccccc2)c1. The zero-order valence-electron chi connectivity index (χ0n) is 13.2. The van der Waals surface area contributed by atoms with Crippen molar-refractivity contribution in [3.63, 3.8) is 0 Å². The van der Waals surface area contributed by atoms with Crippen molar-refractivity contribution < 1.29 is 4.79 Å². The van der Waals surface area contributed by atoms with Gasteiger partial charge in [-0.25, -0.2) is 4.68 Å². The lowest BCUT2D eigenvalue weighted by molar-refractivity contribution is -0.116. The maximum Gasteiger partial charge on any atom is 0.244 e. The first-order valence-corrected chi connectivity index (χ1v) is 7.77. The fourth-order valence-corrected chi connectivity index (χ4v) is 2.24. The third-order valence-electron chi connectivity index (χ3n) is 3.46. The fourth-order valence-electron chi connectivity index (χ4n) is 2.24. The number of benzene rings is 1. The summed E-state index contributed by atoms with van der Waals surface area (Å²) in [6, 6.07) is 15.5. The summed E-state index contributed by atoms with van der Waals surface area (Å²) >= 11 is 0. The van der Waals surface area contributed by atoms with Crippen LogP contribution in [0.15, 0.2) is 73.2 Å². The Labute approximate surface area is 140 Å². The molecule has 0 unspecified atom stereocenters. The third kappa shape index (κ3) is 4.39. The number of rotatable bonds is 6. The zero-order chi connectivity index (χ0) is 16.6. The Morgan fingerprint density at radius 3 is 2.75 bits per heavy atom. The molecule has 0 saturated heterocycles. The first kappa shape index (κ1) is 15.7. The number of carbonyl (C=O) groups excluding carboxylic acids is 1. The summed E-state index contributed by atoms with van der Waals surface area (Å²) in [4.78, 5) is 15.9. The molecule has 24 heavy (non-hydrogen) atoms. The topological polar surface area (TPSA) is 59.8 Å². The van der Waals surface area contributed by atoms with Crippen molar-refractivity contribution >= 4 is 12.0 Å². The average Bonchev–Trinajstić information content (AvgIpc) is 3.11. The molecule has 120 valence electrons. The summed E-state index contributed by atoms with van der Waals surface area (Å²) in [6.07, 6.45) is 9.42. The molecule has 0 aliphatic rings. The van der Waals surface area contributed by atoms with Crippen molar-refractivity contribution in [2.45, 2.75) is 6.42 Å². The summed E-state index contributed by atoms with van der Waals surface area (Å²) < 4.78 is 1.83. The molecule has 0 saturated carbocycles. The first-order chi connectivity index (χ1) is 11.8. The molecule has 0 radical (unpaired) electrons. The Bertz CT molecular complexity index is 810. The highest BCUT2D eigenvalue weighted by molar-refractivity contribution is 5.91. The molecule has 0 aliphatic carbocycles. The molecule has 3 rings (SSSR count). The van der Waals surface area contributed by atoms with Gasteiger partial charge in [-0.3, -0.25) is 9.78 Å². The van der Waals surface area contributed by atoms with Crippen LogP contribution in [0.5, 0.6) is 0 Å². The highest BCUT2D eigenvalue weighted by Crippen LogP contribution is 2.07. The highest BCUT2D eigenvalue weighted by Gasteiger charge is 2.01.